The Morgan fingerprint density at radius 3 is 2.23 bits per heavy atom. The number of anilines is 1. The van der Waals surface area contributed by atoms with Gasteiger partial charge in [0.2, 0.25) is 11.8 Å². The van der Waals surface area contributed by atoms with Gasteiger partial charge in [-0.1, -0.05) is 12.1 Å². The molecular formula is C37H48FN5O10. The lowest BCUT2D eigenvalue weighted by atomic mass is 9.99. The van der Waals surface area contributed by atoms with Crippen molar-refractivity contribution < 1.29 is 52.0 Å². The fourth-order valence-corrected chi connectivity index (χ4v) is 6.58. The average Bonchev–Trinajstić information content (AvgIpc) is 3.40. The summed E-state index contributed by atoms with van der Waals surface area (Å²) in [7, 11) is 1.43. The van der Waals surface area contributed by atoms with E-state index in [1.54, 1.807) is 18.2 Å². The molecule has 0 radical (unpaired) electrons. The first-order valence-corrected chi connectivity index (χ1v) is 18.0. The van der Waals surface area contributed by atoms with Crippen molar-refractivity contribution in [3.63, 3.8) is 0 Å². The molecule has 5 amide bonds. The van der Waals surface area contributed by atoms with Crippen LogP contribution in [0.3, 0.4) is 0 Å². The van der Waals surface area contributed by atoms with Gasteiger partial charge in [0.15, 0.2) is 5.82 Å². The highest BCUT2D eigenvalue weighted by Gasteiger charge is 2.45. The number of methoxy groups -OCH3 is 1. The summed E-state index contributed by atoms with van der Waals surface area (Å²) in [5.74, 6) is -2.98. The number of aryl methyl sites for hydroxylation is 1. The number of hydrogen-bond acceptors (Lipinski definition) is 12. The van der Waals surface area contributed by atoms with Crippen LogP contribution in [0.1, 0.15) is 68.7 Å². The monoisotopic (exact) mass is 741 g/mol. The summed E-state index contributed by atoms with van der Waals surface area (Å²) in [6, 6.07) is 6.76. The molecule has 2 fully saturated rings. The zero-order chi connectivity index (χ0) is 37.7. The minimum atomic E-state index is -0.991. The van der Waals surface area contributed by atoms with Gasteiger partial charge in [-0.25, -0.2) is 4.39 Å². The van der Waals surface area contributed by atoms with Crippen LogP contribution in [-0.2, 0) is 35.0 Å². The third-order valence-electron chi connectivity index (χ3n) is 9.43. The van der Waals surface area contributed by atoms with Crippen LogP contribution in [0.2, 0.25) is 0 Å². The Kier molecular flexibility index (Phi) is 14.7. The van der Waals surface area contributed by atoms with Crippen molar-refractivity contribution in [2.45, 2.75) is 50.6 Å². The Hall–Kier alpha value is -4.48. The zero-order valence-corrected chi connectivity index (χ0v) is 30.0. The Morgan fingerprint density at radius 1 is 0.906 bits per heavy atom. The molecule has 3 aliphatic rings. The normalized spacial score (nSPS) is 18.0. The predicted molar refractivity (Wildman–Crippen MR) is 189 cm³/mol. The molecule has 4 N–H and O–H groups in total. The lowest BCUT2D eigenvalue weighted by Crippen LogP contribution is -2.54. The minimum Gasteiger partial charge on any atom is -0.497 e. The van der Waals surface area contributed by atoms with Crippen LogP contribution in [0.15, 0.2) is 30.3 Å². The third kappa shape index (κ3) is 10.6. The molecule has 0 aliphatic carbocycles. The van der Waals surface area contributed by atoms with E-state index in [1.165, 1.54) is 19.2 Å². The third-order valence-corrected chi connectivity index (χ3v) is 9.43. The molecule has 2 aromatic carbocycles. The first kappa shape index (κ1) is 39.7. The maximum absolute atomic E-state index is 14.4. The Balaban J connectivity index is 0.842. The molecule has 3 aliphatic heterocycles. The van der Waals surface area contributed by atoms with Gasteiger partial charge in [-0.05, 0) is 49.8 Å². The average molecular weight is 742 g/mol. The van der Waals surface area contributed by atoms with Crippen molar-refractivity contribution in [2.24, 2.45) is 0 Å². The Morgan fingerprint density at radius 2 is 1.57 bits per heavy atom. The number of nitrogens with two attached hydrogens (primary N) is 1. The van der Waals surface area contributed by atoms with Crippen LogP contribution >= 0.6 is 0 Å². The van der Waals surface area contributed by atoms with Gasteiger partial charge in [0.1, 0.15) is 11.8 Å². The second-order valence-corrected chi connectivity index (χ2v) is 13.0. The van der Waals surface area contributed by atoms with Crippen LogP contribution in [0.4, 0.5) is 10.1 Å². The van der Waals surface area contributed by atoms with Crippen LogP contribution in [-0.4, -0.2) is 131 Å². The van der Waals surface area contributed by atoms with Gasteiger partial charge in [-0.3, -0.25) is 34.2 Å². The number of rotatable bonds is 20. The first-order chi connectivity index (χ1) is 25.7. The summed E-state index contributed by atoms with van der Waals surface area (Å²) in [6.45, 7) is 5.90. The van der Waals surface area contributed by atoms with Crippen LogP contribution in [0, 0.1) is 5.82 Å². The number of hydrogen-bond donors (Lipinski definition) is 3. The predicted octanol–water partition coefficient (Wildman–Crippen LogP) is 1.71. The van der Waals surface area contributed by atoms with E-state index >= 15 is 0 Å². The number of carbonyl (C=O) groups excluding carboxylic acids is 5. The van der Waals surface area contributed by atoms with Crippen molar-refractivity contribution in [3.8, 4) is 5.75 Å². The number of nitrogens with one attached hydrogen (secondary N) is 2. The largest absolute Gasteiger partial charge is 0.497 e. The van der Waals surface area contributed by atoms with E-state index in [1.807, 2.05) is 0 Å². The van der Waals surface area contributed by atoms with Gasteiger partial charge in [0.05, 0.1) is 75.7 Å². The van der Waals surface area contributed by atoms with Crippen LogP contribution in [0.25, 0.3) is 0 Å². The molecule has 1 atom stereocenters. The van der Waals surface area contributed by atoms with E-state index in [2.05, 4.69) is 15.5 Å². The molecule has 0 aromatic heterocycles. The summed E-state index contributed by atoms with van der Waals surface area (Å²) < 4.78 is 42.0. The second-order valence-electron chi connectivity index (χ2n) is 13.0. The van der Waals surface area contributed by atoms with E-state index in [-0.39, 0.29) is 35.7 Å². The van der Waals surface area contributed by atoms with E-state index < -0.39 is 41.4 Å². The molecule has 2 saturated heterocycles. The molecule has 0 saturated carbocycles. The number of piperidine rings is 2. The first-order valence-electron chi connectivity index (χ1n) is 18.0. The molecule has 1 unspecified atom stereocenters. The number of imide groups is 2. The summed E-state index contributed by atoms with van der Waals surface area (Å²) in [4.78, 5) is 65.9. The molecule has 0 bridgehead atoms. The highest BCUT2D eigenvalue weighted by Crippen LogP contribution is 2.30. The van der Waals surface area contributed by atoms with Crippen molar-refractivity contribution >= 4 is 35.2 Å². The van der Waals surface area contributed by atoms with E-state index in [0.29, 0.717) is 77.0 Å². The van der Waals surface area contributed by atoms with Crippen molar-refractivity contribution in [1.29, 1.82) is 0 Å². The van der Waals surface area contributed by atoms with Gasteiger partial charge in [0, 0.05) is 44.8 Å². The summed E-state index contributed by atoms with van der Waals surface area (Å²) in [5.41, 5.74) is 6.72. The number of nitrogen functional groups attached to an aromatic ring is 1. The highest BCUT2D eigenvalue weighted by molar-refractivity contribution is 6.24. The molecule has 0 spiro atoms. The molecule has 53 heavy (non-hydrogen) atoms. The van der Waals surface area contributed by atoms with E-state index in [4.69, 9.17) is 29.4 Å². The van der Waals surface area contributed by atoms with Crippen molar-refractivity contribution in [1.82, 2.24) is 20.4 Å². The molecule has 2 aromatic rings. The summed E-state index contributed by atoms with van der Waals surface area (Å²) in [5, 5.41) is 5.11. The lowest BCUT2D eigenvalue weighted by Gasteiger charge is -2.32. The SMILES string of the molecule is COc1cc(N)c(F)c(C(=O)NC2CCN(CCOCCOCCOCCOCCCc3cccc4c3C(=O)N(C3CCC(=O)NC3=O)C4=O)CC2)c1. The Bertz CT molecular complexity index is 1630. The lowest BCUT2D eigenvalue weighted by molar-refractivity contribution is -0.136. The smallest absolute Gasteiger partial charge is 0.262 e. The summed E-state index contributed by atoms with van der Waals surface area (Å²) in [6.07, 6.45) is 2.83. The van der Waals surface area contributed by atoms with E-state index in [0.717, 1.165) is 42.9 Å². The van der Waals surface area contributed by atoms with Crippen LogP contribution < -0.4 is 21.1 Å². The van der Waals surface area contributed by atoms with Crippen LogP contribution in [0.5, 0.6) is 5.75 Å². The Labute approximate surface area is 307 Å². The van der Waals surface area contributed by atoms with Gasteiger partial charge < -0.3 is 39.6 Å². The minimum absolute atomic E-state index is 0.0560. The van der Waals surface area contributed by atoms with Crippen molar-refractivity contribution in [3.05, 3.63) is 58.4 Å². The van der Waals surface area contributed by atoms with Gasteiger partial charge in [0.25, 0.3) is 17.7 Å². The standard InChI is InChI=1S/C37H48FN5O10/c1-49-26-22-28(33(38)29(39)23-26)34(45)40-25-9-11-42(12-10-25)13-15-51-17-19-53-21-20-52-18-16-50-14-3-5-24-4-2-6-27-32(24)37(48)43(36(27)47)30-7-8-31(44)41-35(30)46/h2,4,6,22-23,25,30H,3,5,7-21,39H2,1H3,(H,40,45)(H,41,44,46). The molecule has 16 heteroatoms. The van der Waals surface area contributed by atoms with Gasteiger partial charge in [-0.2, -0.15) is 0 Å². The fraction of sp³-hybridized carbons (Fsp3) is 0.541. The number of amides is 5. The number of likely N-dealkylation sites (tertiary alicyclic amines) is 1. The maximum atomic E-state index is 14.4. The number of ether oxygens (including phenoxy) is 5. The molecule has 3 heterocycles. The number of halogens is 1. The molecular weight excluding hydrogens is 693 g/mol. The number of nitrogens with zero attached hydrogens (tertiary/aromatic N) is 2. The zero-order valence-electron chi connectivity index (χ0n) is 30.0. The number of carbonyl (C=O) groups is 5. The topological polar surface area (TPSA) is 188 Å². The number of fused-ring (bicyclic) bond motifs is 1. The second kappa shape index (κ2) is 19.6. The van der Waals surface area contributed by atoms with E-state index in [9.17, 15) is 28.4 Å². The molecule has 288 valence electrons. The van der Waals surface area contributed by atoms with Gasteiger partial charge >= 0.3 is 0 Å². The number of benzene rings is 2. The molecule has 15 nitrogen and oxygen atoms in total. The quantitative estimate of drug-likeness (QED) is 0.101. The summed E-state index contributed by atoms with van der Waals surface area (Å²) >= 11 is 0. The molecule has 5 rings (SSSR count). The highest BCUT2D eigenvalue weighted by atomic mass is 19.1. The van der Waals surface area contributed by atoms with Crippen molar-refractivity contribution in [2.75, 3.05) is 85.3 Å². The maximum Gasteiger partial charge on any atom is 0.262 e. The fourth-order valence-electron chi connectivity index (χ4n) is 6.58. The van der Waals surface area contributed by atoms with Gasteiger partial charge in [-0.15, -0.1) is 0 Å².